The van der Waals surface area contributed by atoms with E-state index in [0.717, 1.165) is 11.3 Å². The van der Waals surface area contributed by atoms with Crippen molar-refractivity contribution < 1.29 is 9.52 Å². The van der Waals surface area contributed by atoms with Crippen molar-refractivity contribution in [1.29, 1.82) is 0 Å². The topological polar surface area (TPSA) is 58.3 Å². The number of rotatable bonds is 5. The minimum atomic E-state index is 0.128. The molecule has 0 fully saturated rings. The number of oxazole rings is 1. The molecule has 0 saturated heterocycles. The molecule has 2 rings (SSSR count). The summed E-state index contributed by atoms with van der Waals surface area (Å²) in [7, 11) is 0. The SMILES string of the molecule is Cc1ccc(-c2nc(CNCCO)co2)cc1. The summed E-state index contributed by atoms with van der Waals surface area (Å²) in [5.41, 5.74) is 3.03. The summed E-state index contributed by atoms with van der Waals surface area (Å²) in [5, 5.41) is 11.7. The lowest BCUT2D eigenvalue weighted by Gasteiger charge is -1.97. The molecule has 0 radical (unpaired) electrons. The van der Waals surface area contributed by atoms with E-state index >= 15 is 0 Å². The molecule has 0 bridgehead atoms. The Hall–Kier alpha value is -1.65. The number of hydrogen-bond donors (Lipinski definition) is 2. The van der Waals surface area contributed by atoms with Crippen molar-refractivity contribution in [3.05, 3.63) is 41.8 Å². The van der Waals surface area contributed by atoms with E-state index in [1.807, 2.05) is 31.2 Å². The molecular weight excluding hydrogens is 216 g/mol. The highest BCUT2D eigenvalue weighted by Gasteiger charge is 2.05. The summed E-state index contributed by atoms with van der Waals surface area (Å²) >= 11 is 0. The van der Waals surface area contributed by atoms with Gasteiger partial charge in [0.25, 0.3) is 0 Å². The van der Waals surface area contributed by atoms with Gasteiger partial charge in [-0.15, -0.1) is 0 Å². The molecule has 0 spiro atoms. The Morgan fingerprint density at radius 1 is 1.29 bits per heavy atom. The number of nitrogens with zero attached hydrogens (tertiary/aromatic N) is 1. The lowest BCUT2D eigenvalue weighted by molar-refractivity contribution is 0.291. The lowest BCUT2D eigenvalue weighted by atomic mass is 10.1. The first kappa shape index (κ1) is 11.8. The van der Waals surface area contributed by atoms with Gasteiger partial charge in [-0.25, -0.2) is 4.98 Å². The maximum Gasteiger partial charge on any atom is 0.226 e. The number of hydrogen-bond acceptors (Lipinski definition) is 4. The normalized spacial score (nSPS) is 10.7. The van der Waals surface area contributed by atoms with Crippen molar-refractivity contribution in [3.8, 4) is 11.5 Å². The predicted molar refractivity (Wildman–Crippen MR) is 65.5 cm³/mol. The van der Waals surface area contributed by atoms with Crippen LogP contribution < -0.4 is 5.32 Å². The minimum Gasteiger partial charge on any atom is -0.444 e. The van der Waals surface area contributed by atoms with Crippen LogP contribution in [-0.2, 0) is 6.54 Å². The first-order valence-electron chi connectivity index (χ1n) is 5.62. The van der Waals surface area contributed by atoms with Crippen LogP contribution in [0.1, 0.15) is 11.3 Å². The monoisotopic (exact) mass is 232 g/mol. The number of benzene rings is 1. The average molecular weight is 232 g/mol. The Kier molecular flexibility index (Phi) is 3.90. The Balaban J connectivity index is 2.04. The van der Waals surface area contributed by atoms with E-state index in [4.69, 9.17) is 9.52 Å². The van der Waals surface area contributed by atoms with E-state index in [0.29, 0.717) is 19.0 Å². The fourth-order valence-corrected chi connectivity index (χ4v) is 1.51. The van der Waals surface area contributed by atoms with Crippen molar-refractivity contribution in [1.82, 2.24) is 10.3 Å². The molecule has 0 atom stereocenters. The zero-order chi connectivity index (χ0) is 12.1. The Bertz CT molecular complexity index is 463. The molecule has 1 aromatic heterocycles. The molecule has 0 aliphatic carbocycles. The Morgan fingerprint density at radius 2 is 2.06 bits per heavy atom. The van der Waals surface area contributed by atoms with E-state index in [1.54, 1.807) is 6.26 Å². The van der Waals surface area contributed by atoms with Crippen LogP contribution in [0.15, 0.2) is 34.9 Å². The Morgan fingerprint density at radius 3 is 2.76 bits per heavy atom. The van der Waals surface area contributed by atoms with Crippen LogP contribution in [0.25, 0.3) is 11.5 Å². The van der Waals surface area contributed by atoms with Gasteiger partial charge < -0.3 is 14.8 Å². The van der Waals surface area contributed by atoms with Gasteiger partial charge in [-0.2, -0.15) is 0 Å². The van der Waals surface area contributed by atoms with Crippen LogP contribution in [0, 0.1) is 6.92 Å². The third kappa shape index (κ3) is 3.15. The van der Waals surface area contributed by atoms with Crippen LogP contribution in [0.5, 0.6) is 0 Å². The molecule has 2 N–H and O–H groups in total. The summed E-state index contributed by atoms with van der Waals surface area (Å²) < 4.78 is 5.41. The fourth-order valence-electron chi connectivity index (χ4n) is 1.51. The number of nitrogens with one attached hydrogen (secondary N) is 1. The van der Waals surface area contributed by atoms with Crippen molar-refractivity contribution in [3.63, 3.8) is 0 Å². The van der Waals surface area contributed by atoms with E-state index < -0.39 is 0 Å². The molecule has 0 saturated carbocycles. The van der Waals surface area contributed by atoms with E-state index in [9.17, 15) is 0 Å². The molecule has 4 heteroatoms. The van der Waals surface area contributed by atoms with Crippen LogP contribution in [0.2, 0.25) is 0 Å². The largest absolute Gasteiger partial charge is 0.444 e. The maximum atomic E-state index is 8.65. The van der Waals surface area contributed by atoms with E-state index in [-0.39, 0.29) is 6.61 Å². The molecule has 1 aromatic carbocycles. The molecule has 4 nitrogen and oxygen atoms in total. The van der Waals surface area contributed by atoms with Gasteiger partial charge in [-0.05, 0) is 19.1 Å². The first-order valence-corrected chi connectivity index (χ1v) is 5.62. The van der Waals surface area contributed by atoms with Gasteiger partial charge in [0.2, 0.25) is 5.89 Å². The van der Waals surface area contributed by atoms with Gasteiger partial charge in [0.15, 0.2) is 0 Å². The van der Waals surface area contributed by atoms with Crippen molar-refractivity contribution in [2.75, 3.05) is 13.2 Å². The van der Waals surface area contributed by atoms with Crippen LogP contribution in [-0.4, -0.2) is 23.2 Å². The highest BCUT2D eigenvalue weighted by atomic mass is 16.3. The molecule has 17 heavy (non-hydrogen) atoms. The molecule has 0 unspecified atom stereocenters. The van der Waals surface area contributed by atoms with Gasteiger partial charge in [-0.1, -0.05) is 17.7 Å². The van der Waals surface area contributed by atoms with Gasteiger partial charge in [0.05, 0.1) is 12.3 Å². The third-order valence-electron chi connectivity index (χ3n) is 2.44. The first-order chi connectivity index (χ1) is 8.29. The van der Waals surface area contributed by atoms with Crippen LogP contribution in [0.4, 0.5) is 0 Å². The molecule has 0 aliphatic heterocycles. The number of aryl methyl sites for hydroxylation is 1. The average Bonchev–Trinajstić information content (AvgIpc) is 2.79. The van der Waals surface area contributed by atoms with E-state index in [1.165, 1.54) is 5.56 Å². The second kappa shape index (κ2) is 5.61. The summed E-state index contributed by atoms with van der Waals surface area (Å²) in [6.45, 7) is 3.34. The third-order valence-corrected chi connectivity index (χ3v) is 2.44. The van der Waals surface area contributed by atoms with Crippen LogP contribution >= 0.6 is 0 Å². The number of aliphatic hydroxyl groups excluding tert-OH is 1. The summed E-state index contributed by atoms with van der Waals surface area (Å²) in [5.74, 6) is 0.630. The van der Waals surface area contributed by atoms with Crippen molar-refractivity contribution in [2.45, 2.75) is 13.5 Å². The van der Waals surface area contributed by atoms with Crippen molar-refractivity contribution in [2.24, 2.45) is 0 Å². The fraction of sp³-hybridized carbons (Fsp3) is 0.308. The smallest absolute Gasteiger partial charge is 0.226 e. The molecule has 2 aromatic rings. The quantitative estimate of drug-likeness (QED) is 0.771. The summed E-state index contributed by atoms with van der Waals surface area (Å²) in [6.07, 6.45) is 1.64. The highest BCUT2D eigenvalue weighted by Crippen LogP contribution is 2.18. The summed E-state index contributed by atoms with van der Waals surface area (Å²) in [4.78, 5) is 4.37. The zero-order valence-electron chi connectivity index (χ0n) is 9.81. The number of aliphatic hydroxyl groups is 1. The van der Waals surface area contributed by atoms with Gasteiger partial charge in [0.1, 0.15) is 6.26 Å². The molecule has 0 aliphatic rings. The zero-order valence-corrected chi connectivity index (χ0v) is 9.81. The minimum absolute atomic E-state index is 0.128. The Labute approximate surface area is 100 Å². The van der Waals surface area contributed by atoms with Gasteiger partial charge in [-0.3, -0.25) is 0 Å². The molecule has 0 amide bonds. The van der Waals surface area contributed by atoms with E-state index in [2.05, 4.69) is 10.3 Å². The maximum absolute atomic E-state index is 8.65. The molecular formula is C13H16N2O2. The molecule has 90 valence electrons. The summed E-state index contributed by atoms with van der Waals surface area (Å²) in [6, 6.07) is 8.05. The second-order valence-electron chi connectivity index (χ2n) is 3.91. The number of aromatic nitrogens is 1. The predicted octanol–water partition coefficient (Wildman–Crippen LogP) is 1.73. The lowest BCUT2D eigenvalue weighted by Crippen LogP contribution is -2.17. The van der Waals surface area contributed by atoms with Gasteiger partial charge in [0, 0.05) is 18.7 Å². The highest BCUT2D eigenvalue weighted by molar-refractivity contribution is 5.53. The van der Waals surface area contributed by atoms with Crippen molar-refractivity contribution >= 4 is 0 Å². The standard InChI is InChI=1S/C13H16N2O2/c1-10-2-4-11(5-3-10)13-15-12(9-17-13)8-14-6-7-16/h2-5,9,14,16H,6-8H2,1H3. The van der Waals surface area contributed by atoms with Crippen LogP contribution in [0.3, 0.4) is 0 Å². The second-order valence-corrected chi connectivity index (χ2v) is 3.91. The van der Waals surface area contributed by atoms with Gasteiger partial charge >= 0.3 is 0 Å². The molecule has 1 heterocycles.